The minimum absolute atomic E-state index is 0.203. The molecule has 1 saturated heterocycles. The average Bonchev–Trinajstić information content (AvgIpc) is 2.25. The van der Waals surface area contributed by atoms with Crippen LogP contribution in [0.5, 0.6) is 0 Å². The molecule has 6 heteroatoms. The average molecular weight is 238 g/mol. The molecular weight excluding hydrogens is 220 g/mol. The van der Waals surface area contributed by atoms with Crippen LogP contribution < -0.4 is 0 Å². The predicted molar refractivity (Wildman–Crippen MR) is 56.7 cm³/mol. The molecule has 0 aromatic rings. The normalized spacial score (nSPS) is 41.8. The molecule has 3 N–H and O–H groups in total. The van der Waals surface area contributed by atoms with Crippen molar-refractivity contribution in [2.75, 3.05) is 19.0 Å². The zero-order valence-corrected chi connectivity index (χ0v) is 9.51. The van der Waals surface area contributed by atoms with Gasteiger partial charge in [0.15, 0.2) is 6.29 Å². The molecule has 2 unspecified atom stereocenters. The van der Waals surface area contributed by atoms with E-state index in [9.17, 15) is 10.2 Å². The molecule has 5 atom stereocenters. The predicted octanol–water partition coefficient (Wildman–Crippen LogP) is -0.992. The molecule has 0 aromatic heterocycles. The summed E-state index contributed by atoms with van der Waals surface area (Å²) in [4.78, 5) is 0. The second kappa shape index (κ2) is 6.03. The van der Waals surface area contributed by atoms with Gasteiger partial charge in [-0.05, 0) is 0 Å². The van der Waals surface area contributed by atoms with Gasteiger partial charge in [-0.25, -0.2) is 0 Å². The van der Waals surface area contributed by atoms with Crippen LogP contribution in [0.3, 0.4) is 0 Å². The Morgan fingerprint density at radius 3 is 2.53 bits per heavy atom. The van der Waals surface area contributed by atoms with Gasteiger partial charge in [-0.1, -0.05) is 6.92 Å². The van der Waals surface area contributed by atoms with Gasteiger partial charge >= 0.3 is 0 Å². The number of ether oxygens (including phenoxy) is 2. The van der Waals surface area contributed by atoms with Crippen molar-refractivity contribution in [3.05, 3.63) is 0 Å². The maximum atomic E-state index is 9.68. The smallest absolute Gasteiger partial charge is 0.186 e. The summed E-state index contributed by atoms with van der Waals surface area (Å²) < 4.78 is 10.5. The van der Waals surface area contributed by atoms with Gasteiger partial charge in [0.1, 0.15) is 6.10 Å². The van der Waals surface area contributed by atoms with E-state index in [1.807, 2.05) is 0 Å². The van der Waals surface area contributed by atoms with Crippen LogP contribution in [0.4, 0.5) is 0 Å². The van der Waals surface area contributed by atoms with E-state index in [1.165, 1.54) is 0 Å². The monoisotopic (exact) mass is 238 g/mol. The molecular formula is C9H18O5S. The van der Waals surface area contributed by atoms with Crippen molar-refractivity contribution in [1.29, 1.82) is 0 Å². The number of hydrogen-bond donors (Lipinski definition) is 4. The Balaban J connectivity index is 2.57. The lowest BCUT2D eigenvalue weighted by Gasteiger charge is -2.40. The third-order valence-electron chi connectivity index (χ3n) is 2.62. The van der Waals surface area contributed by atoms with E-state index in [4.69, 9.17) is 14.6 Å². The number of thiol groups is 1. The Kier molecular flexibility index (Phi) is 5.31. The lowest BCUT2D eigenvalue weighted by Crippen LogP contribution is -2.55. The molecule has 0 aromatic carbocycles. The van der Waals surface area contributed by atoms with E-state index < -0.39 is 24.6 Å². The van der Waals surface area contributed by atoms with Crippen LogP contribution in [0.1, 0.15) is 6.92 Å². The lowest BCUT2D eigenvalue weighted by atomic mass is 9.91. The number of rotatable bonds is 4. The largest absolute Gasteiger partial charge is 0.394 e. The van der Waals surface area contributed by atoms with E-state index in [0.717, 1.165) is 0 Å². The van der Waals surface area contributed by atoms with Crippen molar-refractivity contribution in [1.82, 2.24) is 0 Å². The van der Waals surface area contributed by atoms with E-state index in [-0.39, 0.29) is 12.5 Å². The first-order valence-corrected chi connectivity index (χ1v) is 5.60. The molecule has 5 nitrogen and oxygen atoms in total. The molecule has 1 aliphatic heterocycles. The summed E-state index contributed by atoms with van der Waals surface area (Å²) in [5.41, 5.74) is 0. The molecule has 0 saturated carbocycles. The summed E-state index contributed by atoms with van der Waals surface area (Å²) in [7, 11) is 0. The summed E-state index contributed by atoms with van der Waals surface area (Å²) in [5, 5.41) is 28.3. The quantitative estimate of drug-likeness (QED) is 0.473. The molecule has 0 amide bonds. The summed E-state index contributed by atoms with van der Waals surface area (Å²) in [5.74, 6) is 0.183. The zero-order chi connectivity index (χ0) is 11.4. The van der Waals surface area contributed by atoms with Crippen LogP contribution in [-0.2, 0) is 9.47 Å². The summed E-state index contributed by atoms with van der Waals surface area (Å²) in [6, 6.07) is 0. The molecule has 0 radical (unpaired) electrons. The van der Waals surface area contributed by atoms with Gasteiger partial charge in [0.05, 0.1) is 25.4 Å². The van der Waals surface area contributed by atoms with Crippen molar-refractivity contribution in [2.45, 2.75) is 31.5 Å². The summed E-state index contributed by atoms with van der Waals surface area (Å²) in [6.45, 7) is 1.83. The fraction of sp³-hybridized carbons (Fsp3) is 1.00. The maximum Gasteiger partial charge on any atom is 0.186 e. The molecule has 90 valence electrons. The third kappa shape index (κ3) is 3.05. The Morgan fingerprint density at radius 2 is 2.00 bits per heavy atom. The standard InChI is InChI=1S/C9H18O5S/c1-5-6(4-10)14-9(13-2-3-15)8(12)7(5)11/h5-12,15H,2-4H2,1H3/t5-,6?,7+,8?,9+/m1/s1. The minimum atomic E-state index is -1.08. The van der Waals surface area contributed by atoms with Crippen LogP contribution in [-0.4, -0.2) is 58.9 Å². The SMILES string of the molecule is C[C@@H]1C(CO)O[C@H](OCCS)C(O)[C@H]1O. The molecule has 1 fully saturated rings. The molecule has 0 aliphatic carbocycles. The van der Waals surface area contributed by atoms with E-state index in [0.29, 0.717) is 12.4 Å². The maximum absolute atomic E-state index is 9.68. The first-order chi connectivity index (χ1) is 7.11. The highest BCUT2D eigenvalue weighted by atomic mass is 32.1. The highest BCUT2D eigenvalue weighted by Crippen LogP contribution is 2.26. The van der Waals surface area contributed by atoms with Gasteiger partial charge in [0.25, 0.3) is 0 Å². The third-order valence-corrected chi connectivity index (χ3v) is 2.80. The Bertz CT molecular complexity index is 189. The second-order valence-corrected chi connectivity index (χ2v) is 4.11. The fourth-order valence-electron chi connectivity index (χ4n) is 1.58. The second-order valence-electron chi connectivity index (χ2n) is 3.66. The molecule has 1 aliphatic rings. The van der Waals surface area contributed by atoms with Crippen LogP contribution in [0, 0.1) is 5.92 Å². The number of aliphatic hydroxyl groups excluding tert-OH is 3. The van der Waals surface area contributed by atoms with Crippen LogP contribution in [0.2, 0.25) is 0 Å². The van der Waals surface area contributed by atoms with Crippen molar-refractivity contribution in [2.24, 2.45) is 5.92 Å². The van der Waals surface area contributed by atoms with Crippen molar-refractivity contribution in [3.8, 4) is 0 Å². The number of hydrogen-bond acceptors (Lipinski definition) is 6. The highest BCUT2D eigenvalue weighted by Gasteiger charge is 2.42. The summed E-state index contributed by atoms with van der Waals surface area (Å²) in [6.07, 6.45) is -3.42. The van der Waals surface area contributed by atoms with Gasteiger partial charge in [0.2, 0.25) is 0 Å². The van der Waals surface area contributed by atoms with E-state index in [2.05, 4.69) is 12.6 Å². The highest BCUT2D eigenvalue weighted by molar-refractivity contribution is 7.80. The molecule has 0 bridgehead atoms. The Hall–Kier alpha value is 0.150. The van der Waals surface area contributed by atoms with Gasteiger partial charge in [-0.2, -0.15) is 12.6 Å². The van der Waals surface area contributed by atoms with Crippen LogP contribution in [0.15, 0.2) is 0 Å². The fourth-order valence-corrected chi connectivity index (χ4v) is 1.69. The zero-order valence-electron chi connectivity index (χ0n) is 8.61. The van der Waals surface area contributed by atoms with E-state index in [1.54, 1.807) is 6.92 Å². The van der Waals surface area contributed by atoms with E-state index >= 15 is 0 Å². The number of aliphatic hydroxyl groups is 3. The summed E-state index contributed by atoms with van der Waals surface area (Å²) >= 11 is 3.96. The lowest BCUT2D eigenvalue weighted by molar-refractivity contribution is -0.286. The molecule has 1 rings (SSSR count). The molecule has 1 heterocycles. The van der Waals surface area contributed by atoms with Gasteiger partial charge in [-0.15, -0.1) is 0 Å². The molecule has 0 spiro atoms. The topological polar surface area (TPSA) is 79.2 Å². The minimum Gasteiger partial charge on any atom is -0.394 e. The first kappa shape index (κ1) is 13.2. The van der Waals surface area contributed by atoms with Crippen LogP contribution >= 0.6 is 12.6 Å². The Labute approximate surface area is 94.4 Å². The van der Waals surface area contributed by atoms with Crippen molar-refractivity contribution >= 4 is 12.6 Å². The van der Waals surface area contributed by atoms with Crippen molar-refractivity contribution < 1.29 is 24.8 Å². The first-order valence-electron chi connectivity index (χ1n) is 4.96. The Morgan fingerprint density at radius 1 is 1.33 bits per heavy atom. The van der Waals surface area contributed by atoms with Gasteiger partial charge in [0, 0.05) is 11.7 Å². The van der Waals surface area contributed by atoms with Gasteiger partial charge in [-0.3, -0.25) is 0 Å². The van der Waals surface area contributed by atoms with Crippen LogP contribution in [0.25, 0.3) is 0 Å². The molecule has 15 heavy (non-hydrogen) atoms. The van der Waals surface area contributed by atoms with Gasteiger partial charge < -0.3 is 24.8 Å². The van der Waals surface area contributed by atoms with Crippen molar-refractivity contribution in [3.63, 3.8) is 0 Å².